The van der Waals surface area contributed by atoms with E-state index in [0.717, 1.165) is 0 Å². The van der Waals surface area contributed by atoms with Crippen LogP contribution in [0.5, 0.6) is 0 Å². The van der Waals surface area contributed by atoms with E-state index in [1.807, 2.05) is 0 Å². The molecule has 25 heavy (non-hydrogen) atoms. The first kappa shape index (κ1) is 19.3. The van der Waals surface area contributed by atoms with Crippen molar-refractivity contribution >= 4 is 0 Å². The molecule has 0 saturated carbocycles. The van der Waals surface area contributed by atoms with E-state index in [0.29, 0.717) is 0 Å². The second-order valence-electron chi connectivity index (χ2n) is 6.78. The standard InChI is InChI=1S/C14H25NO10/c16-2-4-8(18)11(21)7-9(19)5(1-15(4)7)24-14-13(23)12(22)10(20)6(3-17)25-14/h4-14,16-23H,1-3H2/t4-,5-,6-,7-,8-,9+,10-,11-,12+,13-,14?/m1/s1. The number of aliphatic hydroxyl groups excluding tert-OH is 8. The highest BCUT2D eigenvalue weighted by atomic mass is 16.7. The van der Waals surface area contributed by atoms with Crippen molar-refractivity contribution in [2.45, 2.75) is 67.2 Å². The lowest BCUT2D eigenvalue weighted by Crippen LogP contribution is -2.60. The van der Waals surface area contributed by atoms with Crippen molar-refractivity contribution in [2.75, 3.05) is 19.8 Å². The molecule has 3 aliphatic heterocycles. The number of aliphatic hydroxyl groups is 8. The third-order valence-corrected chi connectivity index (χ3v) is 5.37. The zero-order valence-corrected chi connectivity index (χ0v) is 13.3. The van der Waals surface area contributed by atoms with Gasteiger partial charge in [-0.05, 0) is 0 Å². The quantitative estimate of drug-likeness (QED) is 0.237. The molecule has 1 unspecified atom stereocenters. The summed E-state index contributed by atoms with van der Waals surface area (Å²) in [6.45, 7) is -0.987. The zero-order valence-electron chi connectivity index (χ0n) is 13.3. The molecule has 11 nitrogen and oxygen atoms in total. The average Bonchev–Trinajstić information content (AvgIpc) is 3.03. The maximum atomic E-state index is 10.4. The summed E-state index contributed by atoms with van der Waals surface area (Å²) in [5.41, 5.74) is 0. The Labute approximate surface area is 143 Å². The van der Waals surface area contributed by atoms with Crippen LogP contribution in [0.4, 0.5) is 0 Å². The Morgan fingerprint density at radius 3 is 2.08 bits per heavy atom. The highest BCUT2D eigenvalue weighted by molar-refractivity contribution is 5.10. The molecule has 146 valence electrons. The summed E-state index contributed by atoms with van der Waals surface area (Å²) in [7, 11) is 0. The van der Waals surface area contributed by atoms with Gasteiger partial charge in [0.15, 0.2) is 6.29 Å². The third-order valence-electron chi connectivity index (χ3n) is 5.37. The molecule has 0 bridgehead atoms. The molecule has 0 amide bonds. The van der Waals surface area contributed by atoms with Crippen LogP contribution in [-0.2, 0) is 9.47 Å². The maximum absolute atomic E-state index is 10.4. The fourth-order valence-corrected chi connectivity index (χ4v) is 3.92. The van der Waals surface area contributed by atoms with Crippen LogP contribution in [0.2, 0.25) is 0 Å². The number of fused-ring (bicyclic) bond motifs is 1. The molecule has 0 spiro atoms. The Morgan fingerprint density at radius 1 is 0.800 bits per heavy atom. The third kappa shape index (κ3) is 3.09. The van der Waals surface area contributed by atoms with Crippen molar-refractivity contribution in [1.29, 1.82) is 0 Å². The van der Waals surface area contributed by atoms with Gasteiger partial charge in [0, 0.05) is 6.54 Å². The average molecular weight is 367 g/mol. The Morgan fingerprint density at radius 2 is 1.48 bits per heavy atom. The molecule has 3 saturated heterocycles. The van der Waals surface area contributed by atoms with Crippen molar-refractivity contribution in [3.05, 3.63) is 0 Å². The molecule has 3 fully saturated rings. The number of rotatable bonds is 4. The van der Waals surface area contributed by atoms with Crippen LogP contribution in [0, 0.1) is 0 Å². The van der Waals surface area contributed by atoms with E-state index in [9.17, 15) is 40.9 Å². The molecule has 3 heterocycles. The number of hydrogen-bond acceptors (Lipinski definition) is 11. The Kier molecular flexibility index (Phi) is 5.63. The Bertz CT molecular complexity index is 467. The normalized spacial score (nSPS) is 54.0. The molecular weight excluding hydrogens is 342 g/mol. The van der Waals surface area contributed by atoms with E-state index in [4.69, 9.17) is 9.47 Å². The molecule has 3 aliphatic rings. The predicted molar refractivity (Wildman–Crippen MR) is 78.0 cm³/mol. The molecule has 11 atom stereocenters. The first-order chi connectivity index (χ1) is 11.8. The van der Waals surface area contributed by atoms with E-state index in [1.165, 1.54) is 4.90 Å². The first-order valence-corrected chi connectivity index (χ1v) is 8.18. The minimum atomic E-state index is -1.61. The van der Waals surface area contributed by atoms with Gasteiger partial charge in [-0.2, -0.15) is 0 Å². The van der Waals surface area contributed by atoms with Gasteiger partial charge in [-0.25, -0.2) is 0 Å². The first-order valence-electron chi connectivity index (χ1n) is 8.18. The number of hydrogen-bond donors (Lipinski definition) is 8. The maximum Gasteiger partial charge on any atom is 0.187 e. The summed E-state index contributed by atoms with van der Waals surface area (Å²) in [6.07, 6.45) is -12.0. The van der Waals surface area contributed by atoms with Crippen LogP contribution in [0.15, 0.2) is 0 Å². The van der Waals surface area contributed by atoms with E-state index in [2.05, 4.69) is 0 Å². The van der Waals surface area contributed by atoms with Crippen LogP contribution < -0.4 is 0 Å². The van der Waals surface area contributed by atoms with Crippen molar-refractivity contribution in [3.63, 3.8) is 0 Å². The summed E-state index contributed by atoms with van der Waals surface area (Å²) < 4.78 is 10.8. The van der Waals surface area contributed by atoms with Crippen LogP contribution in [0.25, 0.3) is 0 Å². The zero-order chi connectivity index (χ0) is 18.5. The summed E-state index contributed by atoms with van der Waals surface area (Å²) in [5, 5.41) is 78.5. The van der Waals surface area contributed by atoms with Gasteiger partial charge in [0.2, 0.25) is 0 Å². The van der Waals surface area contributed by atoms with Gasteiger partial charge in [-0.1, -0.05) is 0 Å². The van der Waals surface area contributed by atoms with E-state index >= 15 is 0 Å². The van der Waals surface area contributed by atoms with Crippen molar-refractivity contribution in [3.8, 4) is 0 Å². The molecule has 3 rings (SSSR count). The van der Waals surface area contributed by atoms with Crippen LogP contribution in [-0.4, -0.2) is 133 Å². The van der Waals surface area contributed by atoms with Gasteiger partial charge in [-0.3, -0.25) is 4.90 Å². The van der Waals surface area contributed by atoms with Crippen LogP contribution >= 0.6 is 0 Å². The highest BCUT2D eigenvalue weighted by Crippen LogP contribution is 2.36. The summed E-state index contributed by atoms with van der Waals surface area (Å²) in [6, 6.07) is -1.62. The van der Waals surface area contributed by atoms with Crippen molar-refractivity contribution < 1.29 is 50.3 Å². The molecule has 0 aromatic heterocycles. The molecule has 11 heteroatoms. The molecule has 0 radical (unpaired) electrons. The smallest absolute Gasteiger partial charge is 0.187 e. The van der Waals surface area contributed by atoms with Gasteiger partial charge in [0.25, 0.3) is 0 Å². The largest absolute Gasteiger partial charge is 0.395 e. The van der Waals surface area contributed by atoms with E-state index in [1.54, 1.807) is 0 Å². The summed E-state index contributed by atoms with van der Waals surface area (Å²) >= 11 is 0. The van der Waals surface area contributed by atoms with Gasteiger partial charge >= 0.3 is 0 Å². The van der Waals surface area contributed by atoms with Crippen molar-refractivity contribution in [2.24, 2.45) is 0 Å². The van der Waals surface area contributed by atoms with Gasteiger partial charge in [0.05, 0.1) is 43.6 Å². The molecule has 8 N–H and O–H groups in total. The minimum absolute atomic E-state index is 0.0419. The van der Waals surface area contributed by atoms with Crippen LogP contribution in [0.1, 0.15) is 0 Å². The van der Waals surface area contributed by atoms with E-state index in [-0.39, 0.29) is 6.54 Å². The molecule has 0 aromatic rings. The van der Waals surface area contributed by atoms with Crippen LogP contribution in [0.3, 0.4) is 0 Å². The van der Waals surface area contributed by atoms with E-state index < -0.39 is 80.4 Å². The SMILES string of the molecule is OC[C@@H]1[C@@H](O)[C@H](O)[C@H]2[C@@H](O)[C@H](OC3O[C@H](CO)[C@@H](O)[C@H](O)[C@H]3O)CN21. The second-order valence-corrected chi connectivity index (χ2v) is 6.78. The minimum Gasteiger partial charge on any atom is -0.395 e. The fraction of sp³-hybridized carbons (Fsp3) is 1.00. The second kappa shape index (κ2) is 7.29. The fourth-order valence-electron chi connectivity index (χ4n) is 3.92. The van der Waals surface area contributed by atoms with Gasteiger partial charge < -0.3 is 50.3 Å². The van der Waals surface area contributed by atoms with Gasteiger partial charge in [0.1, 0.15) is 30.5 Å². The highest BCUT2D eigenvalue weighted by Gasteiger charge is 2.58. The lowest BCUT2D eigenvalue weighted by atomic mass is 9.99. The summed E-state index contributed by atoms with van der Waals surface area (Å²) in [4.78, 5) is 1.52. The Balaban J connectivity index is 1.70. The monoisotopic (exact) mass is 367 g/mol. The predicted octanol–water partition coefficient (Wildman–Crippen LogP) is -5.69. The van der Waals surface area contributed by atoms with Gasteiger partial charge in [-0.15, -0.1) is 0 Å². The molecule has 0 aliphatic carbocycles. The topological polar surface area (TPSA) is 184 Å². The Hall–Kier alpha value is -0.440. The molecule has 0 aromatic carbocycles. The number of ether oxygens (including phenoxy) is 2. The lowest BCUT2D eigenvalue weighted by Gasteiger charge is -2.40. The number of nitrogens with zero attached hydrogens (tertiary/aromatic N) is 1. The summed E-state index contributed by atoms with van der Waals surface area (Å²) in [5.74, 6) is 0. The molecular formula is C14H25NO10. The lowest BCUT2D eigenvalue weighted by molar-refractivity contribution is -0.314. The van der Waals surface area contributed by atoms with Crippen molar-refractivity contribution in [1.82, 2.24) is 4.90 Å².